The number of carbonyl (C=O) groups is 2. The highest BCUT2D eigenvalue weighted by Crippen LogP contribution is 2.09. The number of nitrogens with one attached hydrogen (secondary N) is 1. The van der Waals surface area contributed by atoms with Crippen LogP contribution >= 0.6 is 0 Å². The van der Waals surface area contributed by atoms with Crippen LogP contribution in [0.5, 0.6) is 0 Å². The molecule has 0 atom stereocenters. The molecule has 25 heavy (non-hydrogen) atoms. The second-order valence-electron chi connectivity index (χ2n) is 6.29. The largest absolute Gasteiger partial charge is 0.342 e. The third-order valence-corrected chi connectivity index (χ3v) is 4.48. The second kappa shape index (κ2) is 7.92. The molecule has 3 rings (SSSR count). The first-order chi connectivity index (χ1) is 12.1. The van der Waals surface area contributed by atoms with Gasteiger partial charge in [-0.1, -0.05) is 35.5 Å². The number of aromatic nitrogens is 3. The van der Waals surface area contributed by atoms with Crippen molar-refractivity contribution in [3.05, 3.63) is 47.3 Å². The Morgan fingerprint density at radius 3 is 2.56 bits per heavy atom. The van der Waals surface area contributed by atoms with Crippen LogP contribution in [-0.2, 0) is 11.3 Å². The van der Waals surface area contributed by atoms with Crippen LogP contribution in [0.15, 0.2) is 30.3 Å². The second-order valence-corrected chi connectivity index (χ2v) is 6.29. The topological polar surface area (TPSA) is 80.1 Å². The van der Waals surface area contributed by atoms with Gasteiger partial charge in [-0.3, -0.25) is 9.59 Å². The van der Waals surface area contributed by atoms with Crippen molar-refractivity contribution in [2.75, 3.05) is 19.6 Å². The van der Waals surface area contributed by atoms with Gasteiger partial charge in [0.15, 0.2) is 5.69 Å². The van der Waals surface area contributed by atoms with Crippen LogP contribution in [0.25, 0.3) is 0 Å². The number of likely N-dealkylation sites (tertiary alicyclic amines) is 1. The predicted octanol–water partition coefficient (Wildman–Crippen LogP) is 1.38. The van der Waals surface area contributed by atoms with Gasteiger partial charge >= 0.3 is 0 Å². The number of carbonyl (C=O) groups excluding carboxylic acids is 2. The summed E-state index contributed by atoms with van der Waals surface area (Å²) in [7, 11) is 0. The summed E-state index contributed by atoms with van der Waals surface area (Å²) in [6, 6.07) is 9.87. The number of nitrogens with zero attached hydrogens (tertiary/aromatic N) is 4. The summed E-state index contributed by atoms with van der Waals surface area (Å²) in [5, 5.41) is 10.7. The van der Waals surface area contributed by atoms with Gasteiger partial charge in [0.1, 0.15) is 0 Å². The fourth-order valence-corrected chi connectivity index (χ4v) is 2.97. The molecule has 2 amide bonds. The lowest BCUT2D eigenvalue weighted by Crippen LogP contribution is -2.42. The van der Waals surface area contributed by atoms with Crippen LogP contribution in [0.3, 0.4) is 0 Å². The van der Waals surface area contributed by atoms with E-state index in [1.165, 1.54) is 6.42 Å². The smallest absolute Gasteiger partial charge is 0.274 e. The number of piperidine rings is 1. The first-order valence-electron chi connectivity index (χ1n) is 8.65. The van der Waals surface area contributed by atoms with Crippen molar-refractivity contribution in [2.45, 2.75) is 32.7 Å². The van der Waals surface area contributed by atoms with Crippen molar-refractivity contribution in [2.24, 2.45) is 0 Å². The van der Waals surface area contributed by atoms with E-state index in [2.05, 4.69) is 15.6 Å². The minimum Gasteiger partial charge on any atom is -0.342 e. The first-order valence-corrected chi connectivity index (χ1v) is 8.65. The molecule has 0 saturated carbocycles. The van der Waals surface area contributed by atoms with Crippen molar-refractivity contribution >= 4 is 11.8 Å². The normalized spacial score (nSPS) is 14.4. The fraction of sp³-hybridized carbons (Fsp3) is 0.444. The summed E-state index contributed by atoms with van der Waals surface area (Å²) in [5.74, 6) is -0.399. The van der Waals surface area contributed by atoms with Crippen LogP contribution < -0.4 is 5.32 Å². The molecule has 1 aromatic heterocycles. The van der Waals surface area contributed by atoms with E-state index in [4.69, 9.17) is 0 Å². The summed E-state index contributed by atoms with van der Waals surface area (Å²) in [5.41, 5.74) is 2.04. The summed E-state index contributed by atoms with van der Waals surface area (Å²) < 4.78 is 1.69. The lowest BCUT2D eigenvalue weighted by atomic mass is 10.1. The molecule has 0 aliphatic carbocycles. The Labute approximate surface area is 147 Å². The maximum absolute atomic E-state index is 12.3. The van der Waals surface area contributed by atoms with Gasteiger partial charge in [0.05, 0.1) is 18.8 Å². The molecule has 1 saturated heterocycles. The van der Waals surface area contributed by atoms with Crippen LogP contribution in [0.2, 0.25) is 0 Å². The van der Waals surface area contributed by atoms with Gasteiger partial charge in [-0.05, 0) is 31.7 Å². The molecule has 2 heterocycles. The first kappa shape index (κ1) is 17.1. The number of benzene rings is 1. The molecule has 1 N–H and O–H groups in total. The minimum absolute atomic E-state index is 0.00379. The Morgan fingerprint density at radius 2 is 1.84 bits per heavy atom. The third kappa shape index (κ3) is 4.23. The van der Waals surface area contributed by atoms with Crippen LogP contribution in [0, 0.1) is 6.92 Å². The molecule has 1 aromatic carbocycles. The molecule has 7 heteroatoms. The summed E-state index contributed by atoms with van der Waals surface area (Å²) in [6.45, 7) is 3.93. The van der Waals surface area contributed by atoms with Crippen molar-refractivity contribution in [1.82, 2.24) is 25.2 Å². The molecule has 1 aliphatic rings. The van der Waals surface area contributed by atoms with E-state index in [1.54, 1.807) is 4.68 Å². The Bertz CT molecular complexity index is 735. The molecule has 7 nitrogen and oxygen atoms in total. The van der Waals surface area contributed by atoms with E-state index in [0.29, 0.717) is 12.2 Å². The monoisotopic (exact) mass is 341 g/mol. The van der Waals surface area contributed by atoms with Gasteiger partial charge in [-0.2, -0.15) is 0 Å². The van der Waals surface area contributed by atoms with Crippen molar-refractivity contribution in [1.29, 1.82) is 0 Å². The SMILES string of the molecule is Cc1c(C(=O)NCC(=O)N2CCCCC2)nnn1Cc1ccccc1. The number of amides is 2. The third-order valence-electron chi connectivity index (χ3n) is 4.48. The van der Waals surface area contributed by atoms with Gasteiger partial charge in [-0.25, -0.2) is 4.68 Å². The summed E-state index contributed by atoms with van der Waals surface area (Å²) in [6.07, 6.45) is 3.24. The van der Waals surface area contributed by atoms with E-state index < -0.39 is 0 Å². The standard InChI is InChI=1S/C18H23N5O2/c1-14-17(20-21-23(14)13-15-8-4-2-5-9-15)18(25)19-12-16(24)22-10-6-3-7-11-22/h2,4-5,8-9H,3,6-7,10-13H2,1H3,(H,19,25). The maximum Gasteiger partial charge on any atom is 0.274 e. The molecule has 0 spiro atoms. The number of hydrogen-bond acceptors (Lipinski definition) is 4. The zero-order valence-corrected chi connectivity index (χ0v) is 14.4. The zero-order valence-electron chi connectivity index (χ0n) is 14.4. The lowest BCUT2D eigenvalue weighted by Gasteiger charge is -2.26. The highest BCUT2D eigenvalue weighted by Gasteiger charge is 2.20. The zero-order chi connectivity index (χ0) is 17.6. The van der Waals surface area contributed by atoms with Gasteiger partial charge in [0.2, 0.25) is 5.91 Å². The van der Waals surface area contributed by atoms with Gasteiger partial charge in [0.25, 0.3) is 5.91 Å². The number of hydrogen-bond donors (Lipinski definition) is 1. The van der Waals surface area contributed by atoms with Crippen molar-refractivity contribution in [3.8, 4) is 0 Å². The van der Waals surface area contributed by atoms with Gasteiger partial charge < -0.3 is 10.2 Å². The fourth-order valence-electron chi connectivity index (χ4n) is 2.97. The van der Waals surface area contributed by atoms with Gasteiger partial charge in [0, 0.05) is 13.1 Å². The Hall–Kier alpha value is -2.70. The Balaban J connectivity index is 1.58. The summed E-state index contributed by atoms with van der Waals surface area (Å²) in [4.78, 5) is 26.3. The van der Waals surface area contributed by atoms with E-state index in [9.17, 15) is 9.59 Å². The van der Waals surface area contributed by atoms with E-state index in [0.717, 1.165) is 31.5 Å². The quantitative estimate of drug-likeness (QED) is 0.891. The Morgan fingerprint density at radius 1 is 1.12 bits per heavy atom. The maximum atomic E-state index is 12.3. The predicted molar refractivity (Wildman–Crippen MR) is 93.1 cm³/mol. The minimum atomic E-state index is -0.359. The van der Waals surface area contributed by atoms with E-state index >= 15 is 0 Å². The molecule has 1 aliphatic heterocycles. The molecule has 1 fully saturated rings. The highest BCUT2D eigenvalue weighted by atomic mass is 16.2. The molecule has 0 radical (unpaired) electrons. The molecule has 2 aromatic rings. The molecule has 0 unspecified atom stereocenters. The van der Waals surface area contributed by atoms with Gasteiger partial charge in [-0.15, -0.1) is 5.10 Å². The van der Waals surface area contributed by atoms with Crippen molar-refractivity contribution in [3.63, 3.8) is 0 Å². The van der Waals surface area contributed by atoms with E-state index in [1.807, 2.05) is 42.2 Å². The average molecular weight is 341 g/mol. The van der Waals surface area contributed by atoms with Crippen LogP contribution in [0.1, 0.15) is 41.0 Å². The average Bonchev–Trinajstić information content (AvgIpc) is 3.01. The molecular weight excluding hydrogens is 318 g/mol. The number of rotatable bonds is 5. The molecule has 0 bridgehead atoms. The lowest BCUT2D eigenvalue weighted by molar-refractivity contribution is -0.130. The van der Waals surface area contributed by atoms with Crippen LogP contribution in [0.4, 0.5) is 0 Å². The highest BCUT2D eigenvalue weighted by molar-refractivity contribution is 5.95. The Kier molecular flexibility index (Phi) is 5.42. The summed E-state index contributed by atoms with van der Waals surface area (Å²) >= 11 is 0. The van der Waals surface area contributed by atoms with E-state index in [-0.39, 0.29) is 24.1 Å². The van der Waals surface area contributed by atoms with Crippen molar-refractivity contribution < 1.29 is 9.59 Å². The molecule has 132 valence electrons. The molecular formula is C18H23N5O2. The van der Waals surface area contributed by atoms with Crippen LogP contribution in [-0.4, -0.2) is 51.3 Å².